The summed E-state index contributed by atoms with van der Waals surface area (Å²) in [5, 5.41) is 0.460. The molecule has 0 aliphatic rings. The predicted octanol–water partition coefficient (Wildman–Crippen LogP) is 5.89. The monoisotopic (exact) mass is 456 g/mol. The molecular weight excluding hydrogens is 442 g/mol. The topological polar surface area (TPSA) is 61.3 Å². The first-order valence-corrected chi connectivity index (χ1v) is 9.92. The van der Waals surface area contributed by atoms with E-state index in [1.165, 1.54) is 25.4 Å². The number of carbonyl (C=O) groups excluding carboxylic acids is 1. The van der Waals surface area contributed by atoms with E-state index in [1.807, 2.05) is 6.07 Å². The highest BCUT2D eigenvalue weighted by atomic mass is 35.5. The van der Waals surface area contributed by atoms with Gasteiger partial charge in [0.2, 0.25) is 5.88 Å². The molecule has 1 heterocycles. The number of rotatable bonds is 6. The smallest absolute Gasteiger partial charge is 0.232 e. The largest absolute Gasteiger partial charge is 0.487 e. The van der Waals surface area contributed by atoms with Gasteiger partial charge in [-0.25, -0.2) is 14.4 Å². The van der Waals surface area contributed by atoms with E-state index in [0.717, 1.165) is 11.6 Å². The van der Waals surface area contributed by atoms with Crippen LogP contribution in [0.25, 0.3) is 11.0 Å². The molecule has 8 heteroatoms. The minimum atomic E-state index is -0.748. The molecule has 3 aromatic carbocycles. The number of hydrogen-bond donors (Lipinski definition) is 0. The van der Waals surface area contributed by atoms with E-state index < -0.39 is 11.6 Å². The molecule has 0 bridgehead atoms. The SMILES string of the molecule is COc1cnc2ccc(C(=O)c3c(F)ccc(OCc4cccc(Cl)c4)c3Cl)cc2n1. The summed E-state index contributed by atoms with van der Waals surface area (Å²) in [6, 6.07) is 14.3. The molecule has 0 spiro atoms. The Balaban J connectivity index is 1.66. The number of ketones is 1. The van der Waals surface area contributed by atoms with Gasteiger partial charge in [-0.3, -0.25) is 4.79 Å². The Morgan fingerprint density at radius 1 is 1.06 bits per heavy atom. The molecule has 156 valence electrons. The first-order valence-electron chi connectivity index (χ1n) is 9.17. The Morgan fingerprint density at radius 2 is 1.90 bits per heavy atom. The molecule has 31 heavy (non-hydrogen) atoms. The van der Waals surface area contributed by atoms with E-state index in [0.29, 0.717) is 21.9 Å². The summed E-state index contributed by atoms with van der Waals surface area (Å²) < 4.78 is 25.4. The molecule has 4 aromatic rings. The van der Waals surface area contributed by atoms with Gasteiger partial charge in [0.15, 0.2) is 5.78 Å². The van der Waals surface area contributed by atoms with Crippen LogP contribution in [0.2, 0.25) is 10.0 Å². The molecule has 0 saturated carbocycles. The lowest BCUT2D eigenvalue weighted by Crippen LogP contribution is -2.07. The van der Waals surface area contributed by atoms with Crippen molar-refractivity contribution in [2.45, 2.75) is 6.61 Å². The van der Waals surface area contributed by atoms with Crippen molar-refractivity contribution < 1.29 is 18.7 Å². The third-order valence-electron chi connectivity index (χ3n) is 4.56. The Labute approximate surface area is 187 Å². The predicted molar refractivity (Wildman–Crippen MR) is 117 cm³/mol. The second-order valence-electron chi connectivity index (χ2n) is 6.60. The maximum Gasteiger partial charge on any atom is 0.232 e. The number of ether oxygens (including phenoxy) is 2. The Kier molecular flexibility index (Phi) is 6.02. The summed E-state index contributed by atoms with van der Waals surface area (Å²) in [6.07, 6.45) is 1.47. The van der Waals surface area contributed by atoms with Crippen LogP contribution in [0.5, 0.6) is 11.6 Å². The summed E-state index contributed by atoms with van der Waals surface area (Å²) in [5.74, 6) is -0.851. The van der Waals surface area contributed by atoms with Crippen LogP contribution in [-0.4, -0.2) is 22.9 Å². The lowest BCUT2D eigenvalue weighted by molar-refractivity contribution is 0.103. The number of fused-ring (bicyclic) bond motifs is 1. The zero-order valence-electron chi connectivity index (χ0n) is 16.2. The summed E-state index contributed by atoms with van der Waals surface area (Å²) in [7, 11) is 1.47. The maximum atomic E-state index is 14.6. The maximum absolute atomic E-state index is 14.6. The number of halogens is 3. The standard InChI is InChI=1S/C23H15Cl2FN2O3/c1-30-20-11-27-17-7-5-14(10-18(17)28-20)23(29)21-16(26)6-8-19(22(21)25)31-12-13-3-2-4-15(24)9-13/h2-11H,12H2,1H3. The molecule has 0 N–H and O–H groups in total. The molecule has 1 aromatic heterocycles. The lowest BCUT2D eigenvalue weighted by Gasteiger charge is -2.12. The number of carbonyl (C=O) groups is 1. The molecule has 5 nitrogen and oxygen atoms in total. The Hall–Kier alpha value is -3.22. The second kappa shape index (κ2) is 8.88. The number of methoxy groups -OCH3 is 1. The summed E-state index contributed by atoms with van der Waals surface area (Å²) in [6.45, 7) is 0.158. The van der Waals surface area contributed by atoms with E-state index in [2.05, 4.69) is 9.97 Å². The molecule has 0 unspecified atom stereocenters. The van der Waals surface area contributed by atoms with Gasteiger partial charge in [-0.15, -0.1) is 0 Å². The number of hydrogen-bond acceptors (Lipinski definition) is 5. The van der Waals surface area contributed by atoms with Gasteiger partial charge in [0.25, 0.3) is 0 Å². The fraction of sp³-hybridized carbons (Fsp3) is 0.0870. The molecule has 4 rings (SSSR count). The van der Waals surface area contributed by atoms with Crippen molar-refractivity contribution in [1.29, 1.82) is 0 Å². The summed E-state index contributed by atoms with van der Waals surface area (Å²) >= 11 is 12.3. The van der Waals surface area contributed by atoms with Crippen LogP contribution in [0.4, 0.5) is 4.39 Å². The minimum Gasteiger partial charge on any atom is -0.487 e. The van der Waals surface area contributed by atoms with Gasteiger partial charge in [-0.05, 0) is 48.0 Å². The van der Waals surface area contributed by atoms with Crippen LogP contribution in [0.1, 0.15) is 21.5 Å². The zero-order chi connectivity index (χ0) is 22.0. The van der Waals surface area contributed by atoms with E-state index >= 15 is 0 Å². The zero-order valence-corrected chi connectivity index (χ0v) is 17.7. The van der Waals surface area contributed by atoms with Crippen molar-refractivity contribution >= 4 is 40.0 Å². The molecule has 0 amide bonds. The van der Waals surface area contributed by atoms with Crippen LogP contribution >= 0.6 is 23.2 Å². The average molecular weight is 457 g/mol. The fourth-order valence-electron chi connectivity index (χ4n) is 3.02. The quantitative estimate of drug-likeness (QED) is 0.338. The van der Waals surface area contributed by atoms with Gasteiger partial charge in [0.05, 0.1) is 34.9 Å². The normalized spacial score (nSPS) is 10.8. The van der Waals surface area contributed by atoms with Gasteiger partial charge < -0.3 is 9.47 Å². The molecule has 0 aliphatic heterocycles. The third-order valence-corrected chi connectivity index (χ3v) is 5.17. The van der Waals surface area contributed by atoms with E-state index in [1.54, 1.807) is 30.3 Å². The molecule has 0 fully saturated rings. The first kappa shape index (κ1) is 21.0. The minimum absolute atomic E-state index is 0.108. The number of nitrogens with zero attached hydrogens (tertiary/aromatic N) is 2. The lowest BCUT2D eigenvalue weighted by atomic mass is 10.0. The van der Waals surface area contributed by atoms with Crippen molar-refractivity contribution in [3.63, 3.8) is 0 Å². The van der Waals surface area contributed by atoms with Crippen molar-refractivity contribution in [3.8, 4) is 11.6 Å². The van der Waals surface area contributed by atoms with Crippen LogP contribution in [0, 0.1) is 5.82 Å². The molecule has 0 aliphatic carbocycles. The van der Waals surface area contributed by atoms with E-state index in [9.17, 15) is 9.18 Å². The first-order chi connectivity index (χ1) is 15.0. The van der Waals surface area contributed by atoms with Gasteiger partial charge >= 0.3 is 0 Å². The molecule has 0 atom stereocenters. The van der Waals surface area contributed by atoms with Crippen LogP contribution in [-0.2, 0) is 6.61 Å². The fourth-order valence-corrected chi connectivity index (χ4v) is 3.53. The van der Waals surface area contributed by atoms with Gasteiger partial charge in [0, 0.05) is 10.6 Å². The number of aromatic nitrogens is 2. The van der Waals surface area contributed by atoms with Crippen LogP contribution in [0.3, 0.4) is 0 Å². The third kappa shape index (κ3) is 4.45. The highest BCUT2D eigenvalue weighted by Crippen LogP contribution is 2.33. The number of benzene rings is 3. The van der Waals surface area contributed by atoms with Gasteiger partial charge in [-0.2, -0.15) is 0 Å². The van der Waals surface area contributed by atoms with Crippen molar-refractivity contribution in [2.24, 2.45) is 0 Å². The Bertz CT molecular complexity index is 1300. The molecule has 0 radical (unpaired) electrons. The van der Waals surface area contributed by atoms with Crippen molar-refractivity contribution in [1.82, 2.24) is 9.97 Å². The highest BCUT2D eigenvalue weighted by Gasteiger charge is 2.22. The molecule has 0 saturated heterocycles. The molecular formula is C23H15Cl2FN2O3. The van der Waals surface area contributed by atoms with Crippen molar-refractivity contribution in [3.05, 3.63) is 93.3 Å². The van der Waals surface area contributed by atoms with E-state index in [-0.39, 0.29) is 28.5 Å². The van der Waals surface area contributed by atoms with E-state index in [4.69, 9.17) is 32.7 Å². The van der Waals surface area contributed by atoms with Gasteiger partial charge in [-0.1, -0.05) is 35.3 Å². The highest BCUT2D eigenvalue weighted by molar-refractivity contribution is 6.36. The summed E-state index contributed by atoms with van der Waals surface area (Å²) in [4.78, 5) is 21.5. The van der Waals surface area contributed by atoms with Crippen LogP contribution < -0.4 is 9.47 Å². The van der Waals surface area contributed by atoms with Crippen LogP contribution in [0.15, 0.2) is 60.8 Å². The van der Waals surface area contributed by atoms with Crippen molar-refractivity contribution in [2.75, 3.05) is 7.11 Å². The van der Waals surface area contributed by atoms with Gasteiger partial charge in [0.1, 0.15) is 18.2 Å². The summed E-state index contributed by atoms with van der Waals surface area (Å²) in [5.41, 5.74) is 1.75. The Morgan fingerprint density at radius 3 is 2.68 bits per heavy atom. The second-order valence-corrected chi connectivity index (χ2v) is 7.41. The average Bonchev–Trinajstić information content (AvgIpc) is 2.77.